The van der Waals surface area contributed by atoms with Crippen molar-refractivity contribution in [2.24, 2.45) is 5.92 Å². The van der Waals surface area contributed by atoms with Gasteiger partial charge in [0, 0.05) is 43.1 Å². The first-order valence-corrected chi connectivity index (χ1v) is 14.1. The smallest absolute Gasteiger partial charge is 0.329 e. The second kappa shape index (κ2) is 16.1. The first-order valence-electron chi connectivity index (χ1n) is 12.0. The van der Waals surface area contributed by atoms with Gasteiger partial charge in [-0.1, -0.05) is 49.0 Å². The quantitative estimate of drug-likeness (QED) is 0.148. The number of carbonyl (C=O) groups is 4. The standard InChI is InChI=1S/C24H33N3O8S2/c1-17(16-37-18(2)28)23(30)26-10-6-9-21(26)22(29)25-20(15-19-7-4-3-5-8-19)24(31)34-11-13-36-14-12-35-27(32)33/h3-5,7-8,17,20-21H,6,9-16H2,1-2H3,(H,25,29)/t17-,20+,21-/m0/s1. The Bertz CT molecular complexity index is 934. The van der Waals surface area contributed by atoms with Crippen LogP contribution in [0.2, 0.25) is 0 Å². The zero-order chi connectivity index (χ0) is 27.2. The molecule has 204 valence electrons. The molecule has 37 heavy (non-hydrogen) atoms. The van der Waals surface area contributed by atoms with Crippen LogP contribution < -0.4 is 5.32 Å². The Morgan fingerprint density at radius 3 is 2.57 bits per heavy atom. The van der Waals surface area contributed by atoms with Gasteiger partial charge in [0.2, 0.25) is 11.8 Å². The van der Waals surface area contributed by atoms with E-state index in [-0.39, 0.29) is 30.7 Å². The highest BCUT2D eigenvalue weighted by atomic mass is 32.2. The van der Waals surface area contributed by atoms with Gasteiger partial charge in [0.15, 0.2) is 5.12 Å². The third kappa shape index (κ3) is 11.0. The fourth-order valence-corrected chi connectivity index (χ4v) is 5.01. The van der Waals surface area contributed by atoms with E-state index in [1.54, 1.807) is 6.92 Å². The Balaban J connectivity index is 1.97. The third-order valence-corrected chi connectivity index (χ3v) is 7.56. The number of carbonyl (C=O) groups excluding carboxylic acids is 4. The molecule has 1 aromatic rings. The molecule has 3 atom stereocenters. The summed E-state index contributed by atoms with van der Waals surface area (Å²) in [7, 11) is 0. The molecule has 1 N–H and O–H groups in total. The zero-order valence-electron chi connectivity index (χ0n) is 21.0. The minimum atomic E-state index is -0.944. The van der Waals surface area contributed by atoms with E-state index in [0.29, 0.717) is 36.6 Å². The van der Waals surface area contributed by atoms with Crippen molar-refractivity contribution in [3.63, 3.8) is 0 Å². The van der Waals surface area contributed by atoms with Crippen LogP contribution in [0.4, 0.5) is 0 Å². The first-order chi connectivity index (χ1) is 17.7. The lowest BCUT2D eigenvalue weighted by Crippen LogP contribution is -2.52. The SMILES string of the molecule is CC(=O)SC[C@H](C)C(=O)N1CCC[C@H]1C(=O)N[C@H](Cc1ccccc1)C(=O)OCCSCCO[N+](=O)[O-]. The van der Waals surface area contributed by atoms with Crippen LogP contribution >= 0.6 is 23.5 Å². The molecular weight excluding hydrogens is 522 g/mol. The van der Waals surface area contributed by atoms with Gasteiger partial charge in [0.25, 0.3) is 5.09 Å². The second-order valence-electron chi connectivity index (χ2n) is 8.48. The number of ether oxygens (including phenoxy) is 1. The van der Waals surface area contributed by atoms with Crippen LogP contribution in [-0.2, 0) is 35.2 Å². The van der Waals surface area contributed by atoms with Crippen LogP contribution in [0, 0.1) is 16.0 Å². The molecule has 0 unspecified atom stereocenters. The van der Waals surface area contributed by atoms with Crippen molar-refractivity contribution < 1.29 is 33.8 Å². The Hall–Kier alpha value is -2.80. The number of esters is 1. The van der Waals surface area contributed by atoms with Crippen LogP contribution in [0.15, 0.2) is 30.3 Å². The van der Waals surface area contributed by atoms with Crippen LogP contribution in [-0.4, -0.2) is 82.0 Å². The molecule has 0 spiro atoms. The molecule has 0 radical (unpaired) electrons. The van der Waals surface area contributed by atoms with Gasteiger partial charge in [-0.3, -0.25) is 14.4 Å². The molecule has 2 rings (SSSR count). The van der Waals surface area contributed by atoms with Crippen molar-refractivity contribution in [3.05, 3.63) is 46.0 Å². The number of likely N-dealkylation sites (tertiary alicyclic amines) is 1. The van der Waals surface area contributed by atoms with Crippen molar-refractivity contribution in [2.45, 2.75) is 45.2 Å². The lowest BCUT2D eigenvalue weighted by molar-refractivity contribution is -0.756. The van der Waals surface area contributed by atoms with Crippen molar-refractivity contribution >= 4 is 46.4 Å². The van der Waals surface area contributed by atoms with Crippen molar-refractivity contribution in [2.75, 3.05) is 37.0 Å². The molecule has 11 nitrogen and oxygen atoms in total. The largest absolute Gasteiger partial charge is 0.463 e. The molecule has 0 bridgehead atoms. The van der Waals surface area contributed by atoms with Gasteiger partial charge in [-0.2, -0.15) is 11.8 Å². The molecule has 0 aromatic heterocycles. The van der Waals surface area contributed by atoms with E-state index in [4.69, 9.17) is 4.74 Å². The number of thioether (sulfide) groups is 2. The summed E-state index contributed by atoms with van der Waals surface area (Å²) in [5.41, 5.74) is 0.838. The highest BCUT2D eigenvalue weighted by Crippen LogP contribution is 2.22. The lowest BCUT2D eigenvalue weighted by atomic mass is 10.0. The Labute approximate surface area is 224 Å². The van der Waals surface area contributed by atoms with Gasteiger partial charge in [-0.15, -0.1) is 10.1 Å². The average Bonchev–Trinajstić information content (AvgIpc) is 3.36. The van der Waals surface area contributed by atoms with E-state index in [1.165, 1.54) is 23.6 Å². The number of amides is 2. The van der Waals surface area contributed by atoms with Crippen LogP contribution in [0.5, 0.6) is 0 Å². The van der Waals surface area contributed by atoms with Gasteiger partial charge in [-0.25, -0.2) is 4.79 Å². The van der Waals surface area contributed by atoms with E-state index in [2.05, 4.69) is 10.2 Å². The Morgan fingerprint density at radius 1 is 1.19 bits per heavy atom. The average molecular weight is 556 g/mol. The molecule has 1 aliphatic rings. The van der Waals surface area contributed by atoms with E-state index in [0.717, 1.165) is 17.3 Å². The van der Waals surface area contributed by atoms with E-state index >= 15 is 0 Å². The molecule has 1 aliphatic heterocycles. The third-order valence-electron chi connectivity index (χ3n) is 5.58. The fraction of sp³-hybridized carbons (Fsp3) is 0.583. The van der Waals surface area contributed by atoms with Crippen molar-refractivity contribution in [1.29, 1.82) is 0 Å². The topological polar surface area (TPSA) is 145 Å². The molecular formula is C24H33N3O8S2. The maximum atomic E-state index is 13.2. The number of benzene rings is 1. The summed E-state index contributed by atoms with van der Waals surface area (Å²) in [5.74, 6) is -0.481. The highest BCUT2D eigenvalue weighted by Gasteiger charge is 2.37. The monoisotopic (exact) mass is 555 g/mol. The lowest BCUT2D eigenvalue weighted by Gasteiger charge is -2.28. The predicted octanol–water partition coefficient (Wildman–Crippen LogP) is 2.11. The maximum Gasteiger partial charge on any atom is 0.329 e. The van der Waals surface area contributed by atoms with Gasteiger partial charge < -0.3 is 19.8 Å². The van der Waals surface area contributed by atoms with E-state index < -0.39 is 35.0 Å². The van der Waals surface area contributed by atoms with Crippen molar-refractivity contribution in [1.82, 2.24) is 10.2 Å². The second-order valence-corrected chi connectivity index (χ2v) is 10.9. The fourth-order valence-electron chi connectivity index (χ4n) is 3.79. The normalized spacial score (nSPS) is 16.5. The Morgan fingerprint density at radius 2 is 1.89 bits per heavy atom. The molecule has 0 aliphatic carbocycles. The molecule has 1 fully saturated rings. The number of nitrogens with zero attached hydrogens (tertiary/aromatic N) is 2. The molecule has 1 saturated heterocycles. The molecule has 1 aromatic carbocycles. The number of nitrogens with one attached hydrogen (secondary N) is 1. The molecule has 0 saturated carbocycles. The van der Waals surface area contributed by atoms with Gasteiger partial charge in [0.1, 0.15) is 25.3 Å². The van der Waals surface area contributed by atoms with E-state index in [1.807, 2.05) is 30.3 Å². The van der Waals surface area contributed by atoms with Crippen LogP contribution in [0.1, 0.15) is 32.3 Å². The minimum Gasteiger partial charge on any atom is -0.463 e. The summed E-state index contributed by atoms with van der Waals surface area (Å²) in [5, 5.41) is 12.0. The van der Waals surface area contributed by atoms with Crippen LogP contribution in [0.25, 0.3) is 0 Å². The van der Waals surface area contributed by atoms with Gasteiger partial charge in [-0.05, 0) is 18.4 Å². The number of hydrogen-bond acceptors (Lipinski definition) is 10. The maximum absolute atomic E-state index is 13.2. The predicted molar refractivity (Wildman–Crippen MR) is 140 cm³/mol. The summed E-state index contributed by atoms with van der Waals surface area (Å²) in [6, 6.07) is 7.57. The summed E-state index contributed by atoms with van der Waals surface area (Å²) in [6.45, 7) is 3.65. The summed E-state index contributed by atoms with van der Waals surface area (Å²) >= 11 is 2.42. The zero-order valence-corrected chi connectivity index (χ0v) is 22.6. The summed E-state index contributed by atoms with van der Waals surface area (Å²) < 4.78 is 5.37. The Kier molecular flexibility index (Phi) is 13.3. The number of rotatable bonds is 15. The minimum absolute atomic E-state index is 0.0546. The van der Waals surface area contributed by atoms with Crippen LogP contribution in [0.3, 0.4) is 0 Å². The molecule has 1 heterocycles. The number of hydrogen-bond donors (Lipinski definition) is 1. The summed E-state index contributed by atoms with van der Waals surface area (Å²) in [6.07, 6.45) is 1.38. The van der Waals surface area contributed by atoms with E-state index in [9.17, 15) is 29.3 Å². The molecule has 2 amide bonds. The summed E-state index contributed by atoms with van der Waals surface area (Å²) in [4.78, 5) is 66.2. The van der Waals surface area contributed by atoms with Gasteiger partial charge >= 0.3 is 5.97 Å². The highest BCUT2D eigenvalue weighted by molar-refractivity contribution is 8.13. The first kappa shape index (κ1) is 30.4. The molecule has 13 heteroatoms. The van der Waals surface area contributed by atoms with Gasteiger partial charge in [0.05, 0.1) is 0 Å². The van der Waals surface area contributed by atoms with Crippen molar-refractivity contribution in [3.8, 4) is 0 Å².